The van der Waals surface area contributed by atoms with E-state index in [1.165, 1.54) is 0 Å². The Bertz CT molecular complexity index is 586. The topological polar surface area (TPSA) is 30.5 Å². The van der Waals surface area contributed by atoms with Gasteiger partial charge in [-0.25, -0.2) is 0 Å². The summed E-state index contributed by atoms with van der Waals surface area (Å²) in [5.74, 6) is 2.08. The van der Waals surface area contributed by atoms with E-state index in [4.69, 9.17) is 21.1 Å². The number of hydrogen-bond acceptors (Lipinski definition) is 3. The second kappa shape index (κ2) is 6.64. The largest absolute Gasteiger partial charge is 0.497 e. The summed E-state index contributed by atoms with van der Waals surface area (Å²) in [5, 5.41) is 3.77. The van der Waals surface area contributed by atoms with Gasteiger partial charge in [-0.15, -0.1) is 0 Å². The van der Waals surface area contributed by atoms with E-state index in [9.17, 15) is 0 Å². The Balaban J connectivity index is 2.21. The van der Waals surface area contributed by atoms with Crippen LogP contribution in [0.25, 0.3) is 0 Å². The molecule has 0 radical (unpaired) electrons. The molecule has 2 aromatic carbocycles. The minimum Gasteiger partial charge on any atom is -0.497 e. The third-order valence-electron chi connectivity index (χ3n) is 3.16. The van der Waals surface area contributed by atoms with Gasteiger partial charge in [-0.05, 0) is 43.8 Å². The lowest BCUT2D eigenvalue weighted by atomic mass is 10.1. The third-order valence-corrected chi connectivity index (χ3v) is 3.45. The summed E-state index contributed by atoms with van der Waals surface area (Å²) in [6.45, 7) is 2.08. The van der Waals surface area contributed by atoms with Crippen LogP contribution in [0, 0.1) is 0 Å². The molecular weight excluding hydrogens is 274 g/mol. The molecule has 4 heteroatoms. The Morgan fingerprint density at radius 3 is 2.50 bits per heavy atom. The zero-order valence-electron chi connectivity index (χ0n) is 11.8. The molecule has 2 aromatic rings. The van der Waals surface area contributed by atoms with Crippen LogP contribution < -0.4 is 14.8 Å². The highest BCUT2D eigenvalue weighted by Gasteiger charge is 2.08. The predicted octanol–water partition coefficient (Wildman–Crippen LogP) is 4.42. The molecule has 0 aliphatic heterocycles. The zero-order valence-corrected chi connectivity index (χ0v) is 12.6. The van der Waals surface area contributed by atoms with Crippen LogP contribution >= 0.6 is 11.6 Å². The molecule has 0 fully saturated rings. The molecule has 1 atom stereocenters. The minimum atomic E-state index is 0.248. The van der Waals surface area contributed by atoms with Crippen molar-refractivity contribution in [2.45, 2.75) is 13.0 Å². The Morgan fingerprint density at radius 2 is 1.85 bits per heavy atom. The van der Waals surface area contributed by atoms with E-state index in [1.807, 2.05) is 49.5 Å². The minimum absolute atomic E-state index is 0.248. The number of rotatable bonds is 5. The molecule has 1 N–H and O–H groups in total. The second-order valence-electron chi connectivity index (χ2n) is 4.48. The van der Waals surface area contributed by atoms with Crippen molar-refractivity contribution < 1.29 is 9.47 Å². The lowest BCUT2D eigenvalue weighted by molar-refractivity contribution is 0.409. The Labute approximate surface area is 124 Å². The highest BCUT2D eigenvalue weighted by molar-refractivity contribution is 6.32. The lowest BCUT2D eigenvalue weighted by Gasteiger charge is -2.13. The third kappa shape index (κ3) is 3.44. The molecule has 3 nitrogen and oxygen atoms in total. The van der Waals surface area contributed by atoms with Crippen molar-refractivity contribution in [3.63, 3.8) is 0 Å². The molecule has 0 saturated heterocycles. The summed E-state index contributed by atoms with van der Waals surface area (Å²) in [5.41, 5.74) is 1.12. The van der Waals surface area contributed by atoms with E-state index in [1.54, 1.807) is 7.11 Å². The fourth-order valence-corrected chi connectivity index (χ4v) is 2.06. The van der Waals surface area contributed by atoms with Crippen molar-refractivity contribution in [3.8, 4) is 17.2 Å². The number of nitrogens with one attached hydrogen (secondary N) is 1. The van der Waals surface area contributed by atoms with Gasteiger partial charge in [0.2, 0.25) is 0 Å². The van der Waals surface area contributed by atoms with Crippen LogP contribution in [-0.2, 0) is 0 Å². The average Bonchev–Trinajstić information content (AvgIpc) is 2.48. The summed E-state index contributed by atoms with van der Waals surface area (Å²) in [6.07, 6.45) is 0. The number of benzene rings is 2. The monoisotopic (exact) mass is 291 g/mol. The first-order chi connectivity index (χ1) is 9.63. The molecule has 0 spiro atoms. The van der Waals surface area contributed by atoms with E-state index in [0.29, 0.717) is 16.5 Å². The number of methoxy groups -OCH3 is 1. The van der Waals surface area contributed by atoms with Gasteiger partial charge in [0.1, 0.15) is 17.2 Å². The van der Waals surface area contributed by atoms with Gasteiger partial charge in [-0.3, -0.25) is 0 Å². The highest BCUT2D eigenvalue weighted by Crippen LogP contribution is 2.32. The van der Waals surface area contributed by atoms with Gasteiger partial charge in [-0.2, -0.15) is 0 Å². The number of ether oxygens (including phenoxy) is 2. The molecule has 0 aliphatic rings. The van der Waals surface area contributed by atoms with E-state index in [2.05, 4.69) is 12.2 Å². The van der Waals surface area contributed by atoms with Crippen LogP contribution in [0.2, 0.25) is 5.02 Å². The van der Waals surface area contributed by atoms with Crippen molar-refractivity contribution in [2.75, 3.05) is 14.2 Å². The maximum atomic E-state index is 6.27. The molecular formula is C16H18ClNO2. The maximum Gasteiger partial charge on any atom is 0.146 e. The van der Waals surface area contributed by atoms with Gasteiger partial charge in [0.15, 0.2) is 0 Å². The first-order valence-electron chi connectivity index (χ1n) is 6.42. The summed E-state index contributed by atoms with van der Waals surface area (Å²) in [6, 6.07) is 13.5. The van der Waals surface area contributed by atoms with Gasteiger partial charge in [0.25, 0.3) is 0 Å². The van der Waals surface area contributed by atoms with E-state index >= 15 is 0 Å². The Hall–Kier alpha value is -1.71. The quantitative estimate of drug-likeness (QED) is 0.884. The molecule has 0 amide bonds. The van der Waals surface area contributed by atoms with E-state index < -0.39 is 0 Å². The second-order valence-corrected chi connectivity index (χ2v) is 4.89. The van der Waals surface area contributed by atoms with Crippen molar-refractivity contribution in [2.24, 2.45) is 0 Å². The maximum absolute atomic E-state index is 6.27. The van der Waals surface area contributed by atoms with Gasteiger partial charge < -0.3 is 14.8 Å². The fourth-order valence-electron chi connectivity index (χ4n) is 1.83. The smallest absolute Gasteiger partial charge is 0.146 e. The molecule has 0 heterocycles. The molecule has 106 valence electrons. The van der Waals surface area contributed by atoms with Gasteiger partial charge >= 0.3 is 0 Å². The number of hydrogen-bond donors (Lipinski definition) is 1. The summed E-state index contributed by atoms with van der Waals surface area (Å²) < 4.78 is 11.0. The molecule has 1 unspecified atom stereocenters. The summed E-state index contributed by atoms with van der Waals surface area (Å²) >= 11 is 6.27. The Morgan fingerprint density at radius 1 is 1.10 bits per heavy atom. The first kappa shape index (κ1) is 14.7. The van der Waals surface area contributed by atoms with Crippen LogP contribution in [0.5, 0.6) is 17.2 Å². The fraction of sp³-hybridized carbons (Fsp3) is 0.250. The van der Waals surface area contributed by atoms with E-state index in [-0.39, 0.29) is 6.04 Å². The standard InChI is InChI=1S/C16H18ClNO2/c1-11(18-2)12-7-8-16(15(17)9-12)20-14-6-4-5-13(10-14)19-3/h4-11,18H,1-3H3. The normalized spacial score (nSPS) is 12.0. The predicted molar refractivity (Wildman–Crippen MR) is 82.0 cm³/mol. The first-order valence-corrected chi connectivity index (χ1v) is 6.80. The van der Waals surface area contributed by atoms with Crippen molar-refractivity contribution >= 4 is 11.6 Å². The van der Waals surface area contributed by atoms with Crippen LogP contribution in [0.3, 0.4) is 0 Å². The lowest BCUT2D eigenvalue weighted by Crippen LogP contribution is -2.12. The van der Waals surface area contributed by atoms with Gasteiger partial charge in [-0.1, -0.05) is 23.7 Å². The molecule has 20 heavy (non-hydrogen) atoms. The van der Waals surface area contributed by atoms with Gasteiger partial charge in [0.05, 0.1) is 12.1 Å². The van der Waals surface area contributed by atoms with Crippen LogP contribution in [-0.4, -0.2) is 14.2 Å². The summed E-state index contributed by atoms with van der Waals surface area (Å²) in [7, 11) is 3.54. The van der Waals surface area contributed by atoms with Crippen molar-refractivity contribution in [3.05, 3.63) is 53.1 Å². The van der Waals surface area contributed by atoms with Gasteiger partial charge in [0, 0.05) is 12.1 Å². The Kier molecular flexibility index (Phi) is 4.88. The molecule has 2 rings (SSSR count). The SMILES string of the molecule is CNC(C)c1ccc(Oc2cccc(OC)c2)c(Cl)c1. The molecule has 0 aliphatic carbocycles. The average molecular weight is 292 g/mol. The zero-order chi connectivity index (χ0) is 14.5. The van der Waals surface area contributed by atoms with Crippen LogP contribution in [0.15, 0.2) is 42.5 Å². The molecule has 0 bridgehead atoms. The van der Waals surface area contributed by atoms with Crippen LogP contribution in [0.4, 0.5) is 0 Å². The van der Waals surface area contributed by atoms with Crippen molar-refractivity contribution in [1.82, 2.24) is 5.32 Å². The molecule has 0 aromatic heterocycles. The number of halogens is 1. The van der Waals surface area contributed by atoms with Crippen LogP contribution in [0.1, 0.15) is 18.5 Å². The van der Waals surface area contributed by atoms with E-state index in [0.717, 1.165) is 11.3 Å². The highest BCUT2D eigenvalue weighted by atomic mass is 35.5. The summed E-state index contributed by atoms with van der Waals surface area (Å²) in [4.78, 5) is 0. The molecule has 0 saturated carbocycles. The van der Waals surface area contributed by atoms with Crippen molar-refractivity contribution in [1.29, 1.82) is 0 Å².